The number of alkyl halides is 2. The summed E-state index contributed by atoms with van der Waals surface area (Å²) in [5, 5.41) is 15.7. The molecule has 0 unspecified atom stereocenters. The van der Waals surface area contributed by atoms with Crippen LogP contribution in [0, 0.1) is 25.2 Å². The maximum atomic E-state index is 12.4. The Balaban J connectivity index is 2.00. The summed E-state index contributed by atoms with van der Waals surface area (Å²) in [6.07, 6.45) is 1.01. The Morgan fingerprint density at radius 1 is 1.38 bits per heavy atom. The molecule has 1 N–H and O–H groups in total. The highest BCUT2D eigenvalue weighted by molar-refractivity contribution is 5.92. The molecule has 0 atom stereocenters. The summed E-state index contributed by atoms with van der Waals surface area (Å²) in [6, 6.07) is 8.13. The van der Waals surface area contributed by atoms with Gasteiger partial charge in [0.05, 0.1) is 30.4 Å². The third kappa shape index (κ3) is 5.02. The summed E-state index contributed by atoms with van der Waals surface area (Å²) in [5.41, 5.74) is 2.90. The number of para-hydroxylation sites is 2. The lowest BCUT2D eigenvalue weighted by Crippen LogP contribution is -2.14. The molecular weight excluding hydrogens is 342 g/mol. The van der Waals surface area contributed by atoms with E-state index in [9.17, 15) is 13.6 Å². The van der Waals surface area contributed by atoms with E-state index in [4.69, 9.17) is 5.26 Å². The monoisotopic (exact) mass is 362 g/mol. The molecule has 0 aliphatic carbocycles. The van der Waals surface area contributed by atoms with Gasteiger partial charge in [-0.2, -0.15) is 19.1 Å². The molecule has 0 radical (unpaired) electrons. The highest BCUT2D eigenvalue weighted by atomic mass is 19.3. The first-order valence-corrected chi connectivity index (χ1v) is 8.16. The highest BCUT2D eigenvalue weighted by Crippen LogP contribution is 2.26. The molecular formula is C18H20F2N4O2. The molecule has 2 rings (SSSR count). The molecule has 2 aromatic rings. The number of aromatic nitrogens is 2. The van der Waals surface area contributed by atoms with Crippen LogP contribution in [0.3, 0.4) is 0 Å². The van der Waals surface area contributed by atoms with E-state index in [1.165, 1.54) is 12.1 Å². The van der Waals surface area contributed by atoms with Crippen LogP contribution in [0.5, 0.6) is 5.75 Å². The van der Waals surface area contributed by atoms with Gasteiger partial charge in [0.25, 0.3) is 0 Å². The van der Waals surface area contributed by atoms with Gasteiger partial charge in [0.2, 0.25) is 5.91 Å². The summed E-state index contributed by atoms with van der Waals surface area (Å²) in [7, 11) is 0. The number of nitrogens with zero attached hydrogens (tertiary/aromatic N) is 3. The molecule has 6 nitrogen and oxygen atoms in total. The number of hydrogen-bond acceptors (Lipinski definition) is 4. The second kappa shape index (κ2) is 8.94. The molecule has 0 aliphatic heterocycles. The number of carbonyl (C=O) groups excluding carboxylic acids is 1. The number of aryl methyl sites for hydroxylation is 2. The zero-order chi connectivity index (χ0) is 19.1. The third-order valence-corrected chi connectivity index (χ3v) is 3.95. The zero-order valence-electron chi connectivity index (χ0n) is 14.6. The number of nitriles is 1. The molecule has 8 heteroatoms. The predicted molar refractivity (Wildman–Crippen MR) is 92.0 cm³/mol. The van der Waals surface area contributed by atoms with Crippen molar-refractivity contribution in [1.29, 1.82) is 5.26 Å². The van der Waals surface area contributed by atoms with Gasteiger partial charge in [-0.15, -0.1) is 0 Å². The lowest BCUT2D eigenvalue weighted by Gasteiger charge is -2.11. The van der Waals surface area contributed by atoms with Crippen LogP contribution in [0.2, 0.25) is 0 Å². The van der Waals surface area contributed by atoms with Crippen LogP contribution in [-0.2, 0) is 17.8 Å². The zero-order valence-corrected chi connectivity index (χ0v) is 14.6. The van der Waals surface area contributed by atoms with Crippen LogP contribution >= 0.6 is 0 Å². The van der Waals surface area contributed by atoms with E-state index in [2.05, 4.69) is 21.2 Å². The van der Waals surface area contributed by atoms with Crippen LogP contribution < -0.4 is 10.1 Å². The van der Waals surface area contributed by atoms with Crippen LogP contribution in [0.1, 0.15) is 29.8 Å². The van der Waals surface area contributed by atoms with E-state index in [1.54, 1.807) is 16.8 Å². The molecule has 1 heterocycles. The van der Waals surface area contributed by atoms with E-state index in [0.29, 0.717) is 19.4 Å². The predicted octanol–water partition coefficient (Wildman–Crippen LogP) is 3.59. The SMILES string of the molecule is Cc1nn(CCC#N)c(C)c1CCC(=O)Nc1ccccc1OC(F)F. The third-order valence-electron chi connectivity index (χ3n) is 3.95. The minimum absolute atomic E-state index is 0.0764. The first-order valence-electron chi connectivity index (χ1n) is 8.16. The minimum Gasteiger partial charge on any atom is -0.433 e. The quantitative estimate of drug-likeness (QED) is 0.778. The summed E-state index contributed by atoms with van der Waals surface area (Å²) >= 11 is 0. The summed E-state index contributed by atoms with van der Waals surface area (Å²) in [4.78, 5) is 12.2. The van der Waals surface area contributed by atoms with E-state index in [0.717, 1.165) is 17.0 Å². The number of carbonyl (C=O) groups is 1. The highest BCUT2D eigenvalue weighted by Gasteiger charge is 2.15. The van der Waals surface area contributed by atoms with Crippen LogP contribution in [0.15, 0.2) is 24.3 Å². The topological polar surface area (TPSA) is 79.9 Å². The smallest absolute Gasteiger partial charge is 0.387 e. The van der Waals surface area contributed by atoms with E-state index >= 15 is 0 Å². The number of hydrogen-bond donors (Lipinski definition) is 1. The van der Waals surface area contributed by atoms with Crippen molar-refractivity contribution < 1.29 is 18.3 Å². The summed E-state index contributed by atoms with van der Waals surface area (Å²) < 4.78 is 31.0. The molecule has 0 saturated carbocycles. The van der Waals surface area contributed by atoms with Gasteiger partial charge in [0.15, 0.2) is 0 Å². The number of amides is 1. The Morgan fingerprint density at radius 2 is 2.12 bits per heavy atom. The molecule has 138 valence electrons. The van der Waals surface area contributed by atoms with Crippen molar-refractivity contribution >= 4 is 11.6 Å². The molecule has 1 aromatic heterocycles. The molecule has 26 heavy (non-hydrogen) atoms. The van der Waals surface area contributed by atoms with Crippen molar-refractivity contribution in [3.63, 3.8) is 0 Å². The molecule has 1 aromatic carbocycles. The summed E-state index contributed by atoms with van der Waals surface area (Å²) in [5.74, 6) is -0.383. The van der Waals surface area contributed by atoms with Gasteiger partial charge in [0, 0.05) is 12.1 Å². The average molecular weight is 362 g/mol. The van der Waals surface area contributed by atoms with Gasteiger partial charge in [-0.1, -0.05) is 12.1 Å². The standard InChI is InChI=1S/C18H20F2N4O2/c1-12-14(13(2)24(23-12)11-5-10-21)8-9-17(25)22-15-6-3-4-7-16(15)26-18(19)20/h3-4,6-7,18H,5,8-9,11H2,1-2H3,(H,22,25). The van der Waals surface area contributed by atoms with Crippen molar-refractivity contribution in [2.24, 2.45) is 0 Å². The van der Waals surface area contributed by atoms with Gasteiger partial charge in [-0.3, -0.25) is 9.48 Å². The summed E-state index contributed by atoms with van der Waals surface area (Å²) in [6.45, 7) is 1.30. The maximum Gasteiger partial charge on any atom is 0.387 e. The van der Waals surface area contributed by atoms with Crippen LogP contribution in [0.25, 0.3) is 0 Å². The Hall–Kier alpha value is -2.95. The van der Waals surface area contributed by atoms with Gasteiger partial charge in [-0.25, -0.2) is 0 Å². The Kier molecular flexibility index (Phi) is 6.67. The van der Waals surface area contributed by atoms with E-state index in [1.807, 2.05) is 13.8 Å². The number of rotatable bonds is 8. The maximum absolute atomic E-state index is 12.4. The van der Waals surface area contributed by atoms with Gasteiger partial charge in [0.1, 0.15) is 5.75 Å². The first kappa shape index (κ1) is 19.4. The lowest BCUT2D eigenvalue weighted by molar-refractivity contribution is -0.116. The fraction of sp³-hybridized carbons (Fsp3) is 0.389. The van der Waals surface area contributed by atoms with Crippen LogP contribution in [-0.4, -0.2) is 22.3 Å². The van der Waals surface area contributed by atoms with E-state index in [-0.39, 0.29) is 23.8 Å². The fourth-order valence-corrected chi connectivity index (χ4v) is 2.69. The van der Waals surface area contributed by atoms with Crippen LogP contribution in [0.4, 0.5) is 14.5 Å². The van der Waals surface area contributed by atoms with Gasteiger partial charge < -0.3 is 10.1 Å². The Bertz CT molecular complexity index is 812. The number of ether oxygens (including phenoxy) is 1. The fourth-order valence-electron chi connectivity index (χ4n) is 2.69. The second-order valence-corrected chi connectivity index (χ2v) is 5.70. The normalized spacial score (nSPS) is 10.6. The molecule has 0 aliphatic rings. The number of halogens is 2. The van der Waals surface area contributed by atoms with Crippen molar-refractivity contribution in [3.8, 4) is 11.8 Å². The second-order valence-electron chi connectivity index (χ2n) is 5.70. The van der Waals surface area contributed by atoms with Crippen molar-refractivity contribution in [2.75, 3.05) is 5.32 Å². The molecule has 0 bridgehead atoms. The lowest BCUT2D eigenvalue weighted by atomic mass is 10.1. The number of anilines is 1. The molecule has 1 amide bonds. The number of nitrogens with one attached hydrogen (secondary N) is 1. The van der Waals surface area contributed by atoms with Gasteiger partial charge in [-0.05, 0) is 38.0 Å². The minimum atomic E-state index is -2.96. The Morgan fingerprint density at radius 3 is 2.81 bits per heavy atom. The van der Waals surface area contributed by atoms with E-state index < -0.39 is 6.61 Å². The number of benzene rings is 1. The molecule has 0 spiro atoms. The Labute approximate surface area is 150 Å². The largest absolute Gasteiger partial charge is 0.433 e. The molecule has 0 saturated heterocycles. The van der Waals surface area contributed by atoms with Crippen molar-refractivity contribution in [2.45, 2.75) is 46.3 Å². The average Bonchev–Trinajstić information content (AvgIpc) is 2.86. The first-order chi connectivity index (χ1) is 12.4. The molecule has 0 fully saturated rings. The van der Waals surface area contributed by atoms with Crippen molar-refractivity contribution in [3.05, 3.63) is 41.2 Å². The van der Waals surface area contributed by atoms with Gasteiger partial charge >= 0.3 is 6.61 Å². The van der Waals surface area contributed by atoms with Crippen molar-refractivity contribution in [1.82, 2.24) is 9.78 Å².